The van der Waals surface area contributed by atoms with Gasteiger partial charge in [-0.25, -0.2) is 8.42 Å². The molecular weight excluding hydrogens is 410 g/mol. The molecule has 1 aliphatic rings. The fourth-order valence-corrected chi connectivity index (χ4v) is 4.89. The molecule has 0 saturated carbocycles. The second kappa shape index (κ2) is 7.20. The summed E-state index contributed by atoms with van der Waals surface area (Å²) in [6, 6.07) is 7.20. The molecule has 1 atom stereocenters. The maximum atomic E-state index is 12.5. The normalized spacial score (nSPS) is 19.0. The van der Waals surface area contributed by atoms with Crippen LogP contribution in [0.15, 0.2) is 28.7 Å². The zero-order chi connectivity index (χ0) is 18.0. The Morgan fingerprint density at radius 2 is 2.08 bits per heavy atom. The summed E-state index contributed by atoms with van der Waals surface area (Å²) in [5.41, 5.74) is 0.802. The van der Waals surface area contributed by atoms with Crippen LogP contribution in [0.5, 0.6) is 0 Å². The van der Waals surface area contributed by atoms with Gasteiger partial charge in [-0.1, -0.05) is 15.9 Å². The van der Waals surface area contributed by atoms with Crippen LogP contribution in [0.4, 0.5) is 0 Å². The van der Waals surface area contributed by atoms with Gasteiger partial charge in [0.2, 0.25) is 11.7 Å². The second-order valence-corrected chi connectivity index (χ2v) is 9.03. The highest BCUT2D eigenvalue weighted by molar-refractivity contribution is 9.10. The molecule has 1 fully saturated rings. The fraction of sp³-hybridized carbons (Fsp3) is 0.467. The van der Waals surface area contributed by atoms with Gasteiger partial charge in [0, 0.05) is 22.6 Å². The molecule has 0 bridgehead atoms. The number of rotatable bonds is 5. The van der Waals surface area contributed by atoms with Crippen LogP contribution in [0.3, 0.4) is 0 Å². The van der Waals surface area contributed by atoms with Crippen molar-refractivity contribution in [2.24, 2.45) is 0 Å². The zero-order valence-corrected chi connectivity index (χ0v) is 16.1. The number of amides is 1. The van der Waals surface area contributed by atoms with E-state index in [0.717, 1.165) is 10.0 Å². The molecule has 1 aromatic heterocycles. The molecule has 1 saturated heterocycles. The summed E-state index contributed by atoms with van der Waals surface area (Å²) in [6.07, 6.45) is 0.483. The van der Waals surface area contributed by atoms with E-state index in [1.165, 1.54) is 4.80 Å². The van der Waals surface area contributed by atoms with E-state index in [2.05, 4.69) is 31.3 Å². The monoisotopic (exact) mass is 427 g/mol. The van der Waals surface area contributed by atoms with Crippen molar-refractivity contribution in [2.45, 2.75) is 25.9 Å². The Bertz CT molecular complexity index is 866. The van der Waals surface area contributed by atoms with Crippen LogP contribution in [0.2, 0.25) is 0 Å². The molecule has 0 unspecified atom stereocenters. The Hall–Kier alpha value is -1.81. The van der Waals surface area contributed by atoms with E-state index in [-0.39, 0.29) is 30.0 Å². The summed E-state index contributed by atoms with van der Waals surface area (Å²) >= 11 is 3.37. The van der Waals surface area contributed by atoms with E-state index in [4.69, 9.17) is 0 Å². The van der Waals surface area contributed by atoms with E-state index in [1.807, 2.05) is 31.2 Å². The van der Waals surface area contributed by atoms with Gasteiger partial charge in [-0.2, -0.15) is 4.80 Å². The minimum absolute atomic E-state index is 0.0293. The molecule has 1 amide bonds. The first-order valence-electron chi connectivity index (χ1n) is 7.91. The molecule has 2 aromatic rings. The van der Waals surface area contributed by atoms with E-state index in [9.17, 15) is 13.2 Å². The predicted molar refractivity (Wildman–Crippen MR) is 95.4 cm³/mol. The SMILES string of the molecule is CCN(C(=O)Cn1nnc(-c2ccc(Br)cc2)n1)[C@@H]1CCS(=O)(=O)C1. The molecule has 8 nitrogen and oxygen atoms in total. The average molecular weight is 428 g/mol. The van der Waals surface area contributed by atoms with Crippen molar-refractivity contribution < 1.29 is 13.2 Å². The third kappa shape index (κ3) is 4.24. The van der Waals surface area contributed by atoms with Crippen molar-refractivity contribution in [3.8, 4) is 11.4 Å². The van der Waals surface area contributed by atoms with Gasteiger partial charge in [-0.3, -0.25) is 4.79 Å². The van der Waals surface area contributed by atoms with Gasteiger partial charge in [0.15, 0.2) is 9.84 Å². The quantitative estimate of drug-likeness (QED) is 0.709. The highest BCUT2D eigenvalue weighted by atomic mass is 79.9. The molecule has 1 aliphatic heterocycles. The van der Waals surface area contributed by atoms with Crippen LogP contribution < -0.4 is 0 Å². The molecule has 2 heterocycles. The van der Waals surface area contributed by atoms with Gasteiger partial charge < -0.3 is 4.90 Å². The van der Waals surface area contributed by atoms with Gasteiger partial charge in [-0.05, 0) is 42.8 Å². The van der Waals surface area contributed by atoms with Gasteiger partial charge in [0.05, 0.1) is 11.5 Å². The van der Waals surface area contributed by atoms with Crippen LogP contribution in [0.25, 0.3) is 11.4 Å². The number of hydrogen-bond acceptors (Lipinski definition) is 6. The van der Waals surface area contributed by atoms with Gasteiger partial charge in [-0.15, -0.1) is 10.2 Å². The largest absolute Gasteiger partial charge is 0.337 e. The average Bonchev–Trinajstić information content (AvgIpc) is 3.15. The maximum absolute atomic E-state index is 12.5. The lowest BCUT2D eigenvalue weighted by Gasteiger charge is -2.26. The van der Waals surface area contributed by atoms with Crippen LogP contribution >= 0.6 is 15.9 Å². The van der Waals surface area contributed by atoms with Crippen molar-refractivity contribution in [3.05, 3.63) is 28.7 Å². The minimum Gasteiger partial charge on any atom is -0.337 e. The molecule has 0 spiro atoms. The van der Waals surface area contributed by atoms with E-state index >= 15 is 0 Å². The number of benzene rings is 1. The summed E-state index contributed by atoms with van der Waals surface area (Å²) in [4.78, 5) is 15.4. The van der Waals surface area contributed by atoms with Crippen LogP contribution in [0.1, 0.15) is 13.3 Å². The minimum atomic E-state index is -3.04. The Morgan fingerprint density at radius 1 is 1.36 bits per heavy atom. The van der Waals surface area contributed by atoms with Gasteiger partial charge in [0.1, 0.15) is 6.54 Å². The Morgan fingerprint density at radius 3 is 2.68 bits per heavy atom. The lowest BCUT2D eigenvalue weighted by atomic mass is 10.2. The summed E-state index contributed by atoms with van der Waals surface area (Å²) < 4.78 is 24.2. The van der Waals surface area contributed by atoms with Gasteiger partial charge in [0.25, 0.3) is 0 Å². The molecular formula is C15H18BrN5O3S. The first-order chi connectivity index (χ1) is 11.9. The topological polar surface area (TPSA) is 98.1 Å². The van der Waals surface area contributed by atoms with Crippen molar-refractivity contribution >= 4 is 31.7 Å². The molecule has 1 aromatic carbocycles. The standard InChI is InChI=1S/C15H18BrN5O3S/c1-2-20(13-7-8-25(23,24)10-13)14(22)9-21-18-15(17-19-21)11-3-5-12(16)6-4-11/h3-6,13H,2,7-10H2,1H3/t13-/m1/s1. The second-order valence-electron chi connectivity index (χ2n) is 5.89. The Balaban J connectivity index is 1.69. The molecule has 0 aliphatic carbocycles. The Labute approximate surface area is 154 Å². The van der Waals surface area contributed by atoms with Crippen molar-refractivity contribution in [1.29, 1.82) is 0 Å². The lowest BCUT2D eigenvalue weighted by molar-refractivity contribution is -0.133. The number of likely N-dealkylation sites (N-methyl/N-ethyl adjacent to an activating group) is 1. The van der Waals surface area contributed by atoms with Crippen LogP contribution in [-0.2, 0) is 21.2 Å². The maximum Gasteiger partial charge on any atom is 0.246 e. The third-order valence-electron chi connectivity index (χ3n) is 4.14. The summed E-state index contributed by atoms with van der Waals surface area (Å²) in [5.74, 6) is 0.397. The van der Waals surface area contributed by atoms with E-state index < -0.39 is 9.84 Å². The summed E-state index contributed by atoms with van der Waals surface area (Å²) in [5, 5.41) is 12.1. The van der Waals surface area contributed by atoms with Crippen LogP contribution in [-0.4, -0.2) is 63.5 Å². The van der Waals surface area contributed by atoms with Crippen molar-refractivity contribution in [3.63, 3.8) is 0 Å². The number of hydrogen-bond donors (Lipinski definition) is 0. The number of sulfone groups is 1. The molecule has 25 heavy (non-hydrogen) atoms. The summed E-state index contributed by atoms with van der Waals surface area (Å²) in [6.45, 7) is 2.23. The highest BCUT2D eigenvalue weighted by Crippen LogP contribution is 2.19. The molecule has 0 radical (unpaired) electrons. The number of carbonyl (C=O) groups is 1. The van der Waals surface area contributed by atoms with Crippen LogP contribution in [0, 0.1) is 0 Å². The molecule has 0 N–H and O–H groups in total. The van der Waals surface area contributed by atoms with Crippen molar-refractivity contribution in [2.75, 3.05) is 18.1 Å². The van der Waals surface area contributed by atoms with Crippen molar-refractivity contribution in [1.82, 2.24) is 25.1 Å². The van der Waals surface area contributed by atoms with E-state index in [0.29, 0.717) is 18.8 Å². The fourth-order valence-electron chi connectivity index (χ4n) is 2.90. The third-order valence-corrected chi connectivity index (χ3v) is 6.42. The predicted octanol–water partition coefficient (Wildman–Crippen LogP) is 1.14. The molecule has 3 rings (SSSR count). The number of halogens is 1. The highest BCUT2D eigenvalue weighted by Gasteiger charge is 2.34. The van der Waals surface area contributed by atoms with E-state index in [1.54, 1.807) is 4.90 Å². The smallest absolute Gasteiger partial charge is 0.246 e. The molecule has 134 valence electrons. The van der Waals surface area contributed by atoms with Gasteiger partial charge >= 0.3 is 0 Å². The number of aromatic nitrogens is 4. The number of carbonyl (C=O) groups excluding carboxylic acids is 1. The zero-order valence-electron chi connectivity index (χ0n) is 13.7. The number of nitrogens with zero attached hydrogens (tertiary/aromatic N) is 5. The Kier molecular flexibility index (Phi) is 5.19. The first kappa shape index (κ1) is 18.0. The first-order valence-corrected chi connectivity index (χ1v) is 10.5. The number of tetrazole rings is 1. The lowest BCUT2D eigenvalue weighted by Crippen LogP contribution is -2.42. The summed E-state index contributed by atoms with van der Waals surface area (Å²) in [7, 11) is -3.04. The molecule has 10 heteroatoms.